The number of piperidine rings is 1. The predicted octanol–water partition coefficient (Wildman–Crippen LogP) is 5.11. The number of rotatable bonds is 5. The minimum Gasteiger partial charge on any atom is -0.466 e. The van der Waals surface area contributed by atoms with E-state index in [1.807, 2.05) is 0 Å². The number of carbonyl (C=O) groups excluding carboxylic acids is 3. The van der Waals surface area contributed by atoms with Crippen molar-refractivity contribution in [3.8, 4) is 0 Å². The van der Waals surface area contributed by atoms with Gasteiger partial charge in [0.1, 0.15) is 5.82 Å². The van der Waals surface area contributed by atoms with Crippen LogP contribution >= 0.6 is 0 Å². The van der Waals surface area contributed by atoms with Crippen LogP contribution in [0.5, 0.6) is 0 Å². The standard InChI is InChI=1S/C28H38FN3O4/c1-4-36-24(34)20-6-5-9-32(14-20)23(33)19-7-8-22(21(29)10-19)30-25(35)31-28-13-18-11-26(2,16-28)15-27(3,12-18)17-28/h7-8,10,18,20H,4-6,9,11-17H2,1-3H3,(H2,30,31,35)/t18?,20?,26-,27-,28?/m0/s1. The molecule has 4 saturated carbocycles. The lowest BCUT2D eigenvalue weighted by atomic mass is 9.43. The van der Waals surface area contributed by atoms with E-state index < -0.39 is 11.8 Å². The molecule has 5 aliphatic rings. The van der Waals surface area contributed by atoms with Crippen molar-refractivity contribution in [1.29, 1.82) is 0 Å². The number of nitrogens with zero attached hydrogens (tertiary/aromatic N) is 1. The van der Waals surface area contributed by atoms with Crippen molar-refractivity contribution < 1.29 is 23.5 Å². The lowest BCUT2D eigenvalue weighted by Crippen LogP contribution is -2.65. The van der Waals surface area contributed by atoms with E-state index in [0.29, 0.717) is 31.9 Å². The van der Waals surface area contributed by atoms with Gasteiger partial charge in [-0.3, -0.25) is 9.59 Å². The number of benzene rings is 1. The summed E-state index contributed by atoms with van der Waals surface area (Å²) in [5, 5.41) is 5.91. The van der Waals surface area contributed by atoms with Gasteiger partial charge in [0, 0.05) is 24.2 Å². The minimum absolute atomic E-state index is 0.0502. The van der Waals surface area contributed by atoms with E-state index in [1.54, 1.807) is 11.8 Å². The summed E-state index contributed by atoms with van der Waals surface area (Å²) >= 11 is 0. The molecule has 5 fully saturated rings. The summed E-state index contributed by atoms with van der Waals surface area (Å²) in [4.78, 5) is 39.6. The van der Waals surface area contributed by atoms with Gasteiger partial charge in [-0.2, -0.15) is 0 Å². The predicted molar refractivity (Wildman–Crippen MR) is 134 cm³/mol. The van der Waals surface area contributed by atoms with Gasteiger partial charge in [0.05, 0.1) is 18.2 Å². The first-order valence-corrected chi connectivity index (χ1v) is 13.4. The molecule has 1 aromatic carbocycles. The maximum absolute atomic E-state index is 15.0. The van der Waals surface area contributed by atoms with Crippen molar-refractivity contribution in [1.82, 2.24) is 10.2 Å². The van der Waals surface area contributed by atoms with Gasteiger partial charge >= 0.3 is 12.0 Å². The fraction of sp³-hybridized carbons (Fsp3) is 0.679. The van der Waals surface area contributed by atoms with Crippen LogP contribution in [0.3, 0.4) is 0 Å². The van der Waals surface area contributed by atoms with E-state index in [4.69, 9.17) is 4.74 Å². The summed E-state index contributed by atoms with van der Waals surface area (Å²) in [6.45, 7) is 7.53. The van der Waals surface area contributed by atoms with Crippen molar-refractivity contribution in [2.45, 2.75) is 77.7 Å². The first kappa shape index (κ1) is 25.0. The van der Waals surface area contributed by atoms with Crippen LogP contribution < -0.4 is 10.6 Å². The van der Waals surface area contributed by atoms with Crippen LogP contribution in [0.1, 0.15) is 82.5 Å². The molecule has 1 heterocycles. The Morgan fingerprint density at radius 1 is 1.11 bits per heavy atom. The number of likely N-dealkylation sites (tertiary alicyclic amines) is 1. The van der Waals surface area contributed by atoms with Gasteiger partial charge in [0.15, 0.2) is 0 Å². The van der Waals surface area contributed by atoms with Crippen molar-refractivity contribution in [3.05, 3.63) is 29.6 Å². The molecule has 8 heteroatoms. The van der Waals surface area contributed by atoms with Crippen LogP contribution in [-0.4, -0.2) is 48.0 Å². The number of anilines is 1. The van der Waals surface area contributed by atoms with Crippen molar-refractivity contribution in [2.24, 2.45) is 22.7 Å². The maximum atomic E-state index is 15.0. The number of carbonyl (C=O) groups is 3. The largest absolute Gasteiger partial charge is 0.466 e. The molecule has 1 saturated heterocycles. The van der Waals surface area contributed by atoms with Gasteiger partial charge in [-0.25, -0.2) is 9.18 Å². The fourth-order valence-corrected chi connectivity index (χ4v) is 8.53. The van der Waals surface area contributed by atoms with E-state index >= 15 is 0 Å². The second kappa shape index (κ2) is 9.03. The monoisotopic (exact) mass is 499 g/mol. The highest BCUT2D eigenvalue weighted by Gasteiger charge is 2.60. The highest BCUT2D eigenvalue weighted by molar-refractivity contribution is 5.96. The number of hydrogen-bond acceptors (Lipinski definition) is 4. The van der Waals surface area contributed by atoms with Crippen LogP contribution in [0.15, 0.2) is 18.2 Å². The van der Waals surface area contributed by atoms with Crippen LogP contribution in [0.25, 0.3) is 0 Å². The SMILES string of the molecule is CCOC(=O)C1CCCN(C(=O)c2ccc(NC(=O)NC34CC5C[C@](C)(C3)C[C@](C)(C5)C4)c(F)c2)C1. The summed E-state index contributed by atoms with van der Waals surface area (Å²) in [6, 6.07) is 3.74. The number of halogens is 1. The van der Waals surface area contributed by atoms with Crippen molar-refractivity contribution in [2.75, 3.05) is 25.0 Å². The zero-order valence-corrected chi connectivity index (χ0v) is 21.6. The van der Waals surface area contributed by atoms with Crippen molar-refractivity contribution in [3.63, 3.8) is 0 Å². The lowest BCUT2D eigenvalue weighted by molar-refractivity contribution is -0.149. The summed E-state index contributed by atoms with van der Waals surface area (Å²) in [7, 11) is 0. The van der Waals surface area contributed by atoms with E-state index in [0.717, 1.165) is 19.3 Å². The zero-order chi connectivity index (χ0) is 25.7. The molecule has 1 aromatic rings. The quantitative estimate of drug-likeness (QED) is 0.551. The number of urea groups is 1. The van der Waals surface area contributed by atoms with E-state index in [-0.39, 0.29) is 52.0 Å². The number of ether oxygens (including phenoxy) is 1. The zero-order valence-electron chi connectivity index (χ0n) is 21.6. The van der Waals surface area contributed by atoms with Gasteiger partial charge in [-0.05, 0) is 93.2 Å². The summed E-state index contributed by atoms with van der Waals surface area (Å²) in [6.07, 6.45) is 7.97. The third kappa shape index (κ3) is 4.83. The van der Waals surface area contributed by atoms with Crippen LogP contribution in [0, 0.1) is 28.5 Å². The van der Waals surface area contributed by atoms with Gasteiger partial charge < -0.3 is 20.3 Å². The Morgan fingerprint density at radius 2 is 1.83 bits per heavy atom. The molecule has 6 rings (SSSR count). The van der Waals surface area contributed by atoms with E-state index in [1.165, 1.54) is 37.5 Å². The van der Waals surface area contributed by atoms with Gasteiger partial charge in [-0.1, -0.05) is 13.8 Å². The third-order valence-corrected chi connectivity index (χ3v) is 8.80. The number of nitrogens with one attached hydrogen (secondary N) is 2. The molecule has 0 spiro atoms. The summed E-state index contributed by atoms with van der Waals surface area (Å²) in [5.41, 5.74) is 0.535. The Balaban J connectivity index is 1.22. The van der Waals surface area contributed by atoms with E-state index in [9.17, 15) is 18.8 Å². The Morgan fingerprint density at radius 3 is 2.47 bits per heavy atom. The normalized spacial score (nSPS) is 34.8. The first-order chi connectivity index (χ1) is 17.0. The molecule has 4 bridgehead atoms. The average molecular weight is 500 g/mol. The Hall–Kier alpha value is -2.64. The van der Waals surface area contributed by atoms with Crippen molar-refractivity contribution >= 4 is 23.6 Å². The smallest absolute Gasteiger partial charge is 0.319 e. The van der Waals surface area contributed by atoms with Gasteiger partial charge in [0.2, 0.25) is 0 Å². The average Bonchev–Trinajstić information content (AvgIpc) is 2.77. The highest BCUT2D eigenvalue weighted by atomic mass is 19.1. The molecule has 36 heavy (non-hydrogen) atoms. The molecule has 0 aromatic heterocycles. The second-order valence-electron chi connectivity index (χ2n) is 12.5. The third-order valence-electron chi connectivity index (χ3n) is 8.80. The van der Waals surface area contributed by atoms with E-state index in [2.05, 4.69) is 24.5 Å². The number of amides is 3. The molecule has 3 amide bonds. The van der Waals surface area contributed by atoms with Gasteiger partial charge in [0.25, 0.3) is 5.91 Å². The lowest BCUT2D eigenvalue weighted by Gasteiger charge is -2.65. The molecule has 7 nitrogen and oxygen atoms in total. The number of esters is 1. The molecule has 1 aliphatic heterocycles. The maximum Gasteiger partial charge on any atom is 0.319 e. The van der Waals surface area contributed by atoms with Crippen LogP contribution in [0.2, 0.25) is 0 Å². The Kier molecular flexibility index (Phi) is 6.28. The van der Waals surface area contributed by atoms with Gasteiger partial charge in [-0.15, -0.1) is 0 Å². The molecule has 1 unspecified atom stereocenters. The van der Waals surface area contributed by atoms with Crippen LogP contribution in [-0.2, 0) is 9.53 Å². The molecule has 4 aliphatic carbocycles. The Bertz CT molecular complexity index is 1060. The molecular weight excluding hydrogens is 461 g/mol. The fourth-order valence-electron chi connectivity index (χ4n) is 8.53. The van der Waals surface area contributed by atoms with Crippen LogP contribution in [0.4, 0.5) is 14.9 Å². The topological polar surface area (TPSA) is 87.7 Å². The first-order valence-electron chi connectivity index (χ1n) is 13.4. The number of hydrogen-bond donors (Lipinski definition) is 2. The summed E-state index contributed by atoms with van der Waals surface area (Å²) < 4.78 is 20.1. The molecule has 2 N–H and O–H groups in total. The molecular formula is C28H38FN3O4. The minimum atomic E-state index is -0.653. The molecule has 0 radical (unpaired) electrons. The summed E-state index contributed by atoms with van der Waals surface area (Å²) in [5.74, 6) is -0.995. The molecule has 196 valence electrons. The Labute approximate surface area is 212 Å². The molecule has 3 atom stereocenters. The highest BCUT2D eigenvalue weighted by Crippen LogP contribution is 2.66. The second-order valence-corrected chi connectivity index (χ2v) is 12.5.